The van der Waals surface area contributed by atoms with Crippen LogP contribution in [0.2, 0.25) is 0 Å². The minimum atomic E-state index is -1.51. The van der Waals surface area contributed by atoms with E-state index in [0.717, 1.165) is 17.1 Å². The van der Waals surface area contributed by atoms with E-state index in [0.29, 0.717) is 0 Å². The van der Waals surface area contributed by atoms with Gasteiger partial charge < -0.3 is 4.80 Å². The molecule has 27 radical (unpaired) electrons. The molecule has 0 saturated carbocycles. The topological polar surface area (TPSA) is 20.2 Å². The molecule has 1 N–H and O–H groups in total. The van der Waals surface area contributed by atoms with Crippen LogP contribution < -0.4 is 0 Å². The second kappa shape index (κ2) is 7.98. The molecule has 0 saturated heterocycles. The molecule has 59 valence electrons. The average Bonchev–Trinajstić information content (AvgIpc) is 2.00. The van der Waals surface area contributed by atoms with Gasteiger partial charge in [0, 0.05) is 104 Å². The summed E-state index contributed by atoms with van der Waals surface area (Å²) in [5.74, 6) is 0. The Hall–Kier alpha value is 2.78. The molecular formula is HOSi13. The van der Waals surface area contributed by atoms with Crippen molar-refractivity contribution in [3.8, 4) is 0 Å². The van der Waals surface area contributed by atoms with Crippen LogP contribution in [0.25, 0.3) is 0 Å². The van der Waals surface area contributed by atoms with E-state index in [9.17, 15) is 4.80 Å². The van der Waals surface area contributed by atoms with E-state index in [1.807, 2.05) is 0 Å². The van der Waals surface area contributed by atoms with Gasteiger partial charge in [-0.1, -0.05) is 0 Å². The van der Waals surface area contributed by atoms with Crippen LogP contribution in [-0.4, -0.2) is 118 Å². The van der Waals surface area contributed by atoms with Crippen molar-refractivity contribution in [2.24, 2.45) is 0 Å². The molecule has 1 nitrogen and oxygen atoms in total. The van der Waals surface area contributed by atoms with Gasteiger partial charge >= 0.3 is 0 Å². The molecule has 0 aliphatic heterocycles. The highest BCUT2D eigenvalue weighted by Crippen LogP contribution is 1.99. The van der Waals surface area contributed by atoms with Crippen molar-refractivity contribution >= 4 is 113 Å². The first kappa shape index (κ1) is 16.8. The van der Waals surface area contributed by atoms with Gasteiger partial charge in [-0.2, -0.15) is 0 Å². The lowest BCUT2D eigenvalue weighted by atomic mass is 15.9. The van der Waals surface area contributed by atoms with Gasteiger partial charge in [0.1, 0.15) is 0 Å². The minimum Gasteiger partial charge on any atom is -0.436 e. The second-order valence-electron chi connectivity index (χ2n) is 2.24. The van der Waals surface area contributed by atoms with Gasteiger partial charge in [-0.3, -0.25) is 0 Å². The van der Waals surface area contributed by atoms with Crippen molar-refractivity contribution in [3.05, 3.63) is 0 Å². The molecule has 0 fully saturated rings. The van der Waals surface area contributed by atoms with Crippen LogP contribution in [0.3, 0.4) is 0 Å². The lowest BCUT2D eigenvalue weighted by Crippen LogP contribution is -2.74. The zero-order valence-electron chi connectivity index (χ0n) is 6.95. The largest absolute Gasteiger partial charge is 0.436 e. The van der Waals surface area contributed by atoms with E-state index in [1.165, 1.54) is 0 Å². The van der Waals surface area contributed by atoms with Crippen LogP contribution in [-0.2, 0) is 0 Å². The molecule has 0 aliphatic rings. The Morgan fingerprint density at radius 2 is 1.21 bits per heavy atom. The molecular weight excluding hydrogens is 381 g/mol. The fourth-order valence-corrected chi connectivity index (χ4v) is 138. The summed E-state index contributed by atoms with van der Waals surface area (Å²) in [7, 11) is 22.2. The van der Waals surface area contributed by atoms with Crippen LogP contribution in [0.4, 0.5) is 0 Å². The van der Waals surface area contributed by atoms with Crippen LogP contribution in [0.1, 0.15) is 0 Å². The van der Waals surface area contributed by atoms with Crippen molar-refractivity contribution in [2.45, 2.75) is 0 Å². The number of rotatable bonds is 6. The summed E-state index contributed by atoms with van der Waals surface area (Å²) in [5.41, 5.74) is 0. The molecule has 0 amide bonds. The average molecular weight is 382 g/mol. The van der Waals surface area contributed by atoms with Gasteiger partial charge in [0.25, 0.3) is 0 Å². The van der Waals surface area contributed by atoms with Gasteiger partial charge in [0.2, 0.25) is 0 Å². The molecule has 0 aromatic rings. The van der Waals surface area contributed by atoms with Gasteiger partial charge in [-0.15, -0.1) is 0 Å². The Labute approximate surface area is 117 Å². The van der Waals surface area contributed by atoms with Crippen LogP contribution in [0.5, 0.6) is 0 Å². The normalized spacial score (nSPS) is 13.3. The lowest BCUT2D eigenvalue weighted by molar-refractivity contribution is 0.620. The fourth-order valence-electron chi connectivity index (χ4n) is 0.643. The molecule has 0 heterocycles. The summed E-state index contributed by atoms with van der Waals surface area (Å²) < 4.78 is 0. The van der Waals surface area contributed by atoms with Gasteiger partial charge in [-0.05, 0) is 0 Å². The van der Waals surface area contributed by atoms with Crippen molar-refractivity contribution in [1.82, 2.24) is 0 Å². The summed E-state index contributed by atoms with van der Waals surface area (Å²) in [6.07, 6.45) is -1.51. The maximum atomic E-state index is 9.66. The third-order valence-corrected chi connectivity index (χ3v) is 85.5. The maximum Gasteiger partial charge on any atom is 0.196 e. The Bertz CT molecular complexity index is 137. The summed E-state index contributed by atoms with van der Waals surface area (Å²) in [5, 5.41) is 0. The highest BCUT2D eigenvalue weighted by molar-refractivity contribution is 8.10. The predicted octanol–water partition coefficient (Wildman–Crippen LogP) is -5.51. The summed E-state index contributed by atoms with van der Waals surface area (Å²) in [6, 6.07) is 0. The number of hydrogen-bond donors (Lipinski definition) is 1. The van der Waals surface area contributed by atoms with Gasteiger partial charge in [0.05, 0.1) is 0 Å². The van der Waals surface area contributed by atoms with E-state index in [1.54, 1.807) is 0 Å². The van der Waals surface area contributed by atoms with Crippen molar-refractivity contribution in [1.29, 1.82) is 0 Å². The second-order valence-corrected chi connectivity index (χ2v) is 58.4. The first-order valence-corrected chi connectivity index (χ1v) is 27.7. The van der Waals surface area contributed by atoms with E-state index >= 15 is 0 Å². The van der Waals surface area contributed by atoms with E-state index in [-0.39, 0.29) is 9.28 Å². The highest BCUT2D eigenvalue weighted by Gasteiger charge is 2.39. The predicted molar refractivity (Wildman–Crippen MR) is 77.0 cm³/mol. The zero-order chi connectivity index (χ0) is 11.4. The number of hydrogen-bond acceptors (Lipinski definition) is 1. The van der Waals surface area contributed by atoms with Crippen LogP contribution in [0, 0.1) is 0 Å². The van der Waals surface area contributed by atoms with Gasteiger partial charge in [0.15, 0.2) is 9.28 Å². The van der Waals surface area contributed by atoms with E-state index < -0.39 is 28.2 Å². The smallest absolute Gasteiger partial charge is 0.196 e. The molecule has 0 bridgehead atoms. The Morgan fingerprint density at radius 3 is 1.36 bits per heavy atom. The Balaban J connectivity index is 4.60. The molecule has 0 aromatic heterocycles. The monoisotopic (exact) mass is 381 g/mol. The third-order valence-electron chi connectivity index (χ3n) is 1.17. The standard InChI is InChI=1S/HOSi13/c1-8-14(13(6)7,9-11(2)3)10-12(4)5/h1H. The molecule has 0 rings (SSSR count). The zero-order valence-corrected chi connectivity index (χ0v) is 19.9. The highest BCUT2D eigenvalue weighted by atomic mass is 30.4. The molecule has 14 heteroatoms. The Kier molecular flexibility index (Phi) is 9.57. The van der Waals surface area contributed by atoms with Crippen LogP contribution in [0.15, 0.2) is 0 Å². The first-order valence-electron chi connectivity index (χ1n) is 3.22. The summed E-state index contributed by atoms with van der Waals surface area (Å²) >= 11 is 0. The van der Waals surface area contributed by atoms with Crippen molar-refractivity contribution < 1.29 is 4.80 Å². The van der Waals surface area contributed by atoms with Crippen LogP contribution >= 0.6 is 0 Å². The third kappa shape index (κ3) is 5.92. The van der Waals surface area contributed by atoms with E-state index in [4.69, 9.17) is 0 Å². The quantitative estimate of drug-likeness (QED) is 0.455. The summed E-state index contributed by atoms with van der Waals surface area (Å²) in [4.78, 5) is 9.66. The molecule has 0 aliphatic carbocycles. The molecule has 0 unspecified atom stereocenters. The Morgan fingerprint density at radius 1 is 0.857 bits per heavy atom. The van der Waals surface area contributed by atoms with Gasteiger partial charge in [-0.25, -0.2) is 0 Å². The van der Waals surface area contributed by atoms with Crippen molar-refractivity contribution in [2.75, 3.05) is 0 Å². The molecule has 0 spiro atoms. The lowest BCUT2D eigenvalue weighted by Gasteiger charge is -2.34. The molecule has 0 aromatic carbocycles. The fraction of sp³-hybridized carbons (Fsp3) is 0. The molecule has 14 heavy (non-hydrogen) atoms. The summed E-state index contributed by atoms with van der Waals surface area (Å²) in [6.45, 7) is 0. The minimum absolute atomic E-state index is 0.123. The van der Waals surface area contributed by atoms with Crippen molar-refractivity contribution in [3.63, 3.8) is 0 Å². The van der Waals surface area contributed by atoms with E-state index in [2.05, 4.69) is 58.6 Å². The maximum absolute atomic E-state index is 9.66. The molecule has 0 atom stereocenters. The SMILES string of the molecule is O[Si][Si]([Si][Si]([Si])[Si])([Si][Si]([Si])[Si])[Si]([Si])[Si]. The first-order chi connectivity index (χ1) is 6.34.